The average molecular weight is 588 g/mol. The summed E-state index contributed by atoms with van der Waals surface area (Å²) in [4.78, 5) is 21.8. The number of rotatable bonds is 10. The fraction of sp³-hybridized carbons (Fsp3) is 0.406. The monoisotopic (exact) mass is 587 g/mol. The minimum Gasteiger partial charge on any atom is -0.489 e. The highest BCUT2D eigenvalue weighted by Crippen LogP contribution is 2.40. The minimum atomic E-state index is -0.725. The number of halogens is 2. The van der Waals surface area contributed by atoms with Crippen LogP contribution < -0.4 is 15.8 Å². The van der Waals surface area contributed by atoms with E-state index in [1.807, 2.05) is 32.2 Å². The van der Waals surface area contributed by atoms with Gasteiger partial charge in [0.15, 0.2) is 5.82 Å². The van der Waals surface area contributed by atoms with Crippen LogP contribution in [-0.4, -0.2) is 55.4 Å². The molecule has 9 nitrogen and oxygen atoms in total. The molecule has 2 atom stereocenters. The van der Waals surface area contributed by atoms with Gasteiger partial charge in [-0.05, 0) is 67.9 Å². The van der Waals surface area contributed by atoms with Gasteiger partial charge in [0.05, 0.1) is 40.8 Å². The lowest BCUT2D eigenvalue weighted by Crippen LogP contribution is -2.34. The maximum absolute atomic E-state index is 13.6. The molecule has 0 saturated heterocycles. The first-order chi connectivity index (χ1) is 20.8. The number of ether oxygens (including phenoxy) is 1. The van der Waals surface area contributed by atoms with E-state index in [0.717, 1.165) is 45.8 Å². The number of nitrogens with zero attached hydrogens (tertiary/aromatic N) is 5. The summed E-state index contributed by atoms with van der Waals surface area (Å²) in [6, 6.07) is 9.36. The number of alkyl halides is 1. The highest BCUT2D eigenvalue weighted by atomic mass is 19.1. The number of hydrogen-bond acceptors (Lipinski definition) is 5. The Morgan fingerprint density at radius 3 is 2.84 bits per heavy atom. The van der Waals surface area contributed by atoms with E-state index in [1.165, 1.54) is 25.4 Å². The van der Waals surface area contributed by atoms with E-state index >= 15 is 0 Å². The molecule has 5 aromatic rings. The summed E-state index contributed by atoms with van der Waals surface area (Å²) in [5.41, 5.74) is 11.8. The smallest absolute Gasteiger partial charge is 0.251 e. The predicted molar refractivity (Wildman–Crippen MR) is 160 cm³/mol. The van der Waals surface area contributed by atoms with E-state index in [-0.39, 0.29) is 18.4 Å². The third-order valence-electron chi connectivity index (χ3n) is 8.74. The number of aromatic nitrogens is 5. The molecule has 0 spiro atoms. The number of nitrogens with two attached hydrogens (primary N) is 1. The Labute approximate surface area is 247 Å². The van der Waals surface area contributed by atoms with Crippen LogP contribution in [0.5, 0.6) is 5.75 Å². The minimum absolute atomic E-state index is 0.115. The molecule has 1 saturated carbocycles. The van der Waals surface area contributed by atoms with E-state index < -0.39 is 18.7 Å². The Bertz CT molecular complexity index is 1850. The summed E-state index contributed by atoms with van der Waals surface area (Å²) in [6.45, 7) is 3.00. The Morgan fingerprint density at radius 1 is 1.26 bits per heavy atom. The maximum Gasteiger partial charge on any atom is 0.251 e. The van der Waals surface area contributed by atoms with Crippen LogP contribution in [0.25, 0.3) is 33.5 Å². The van der Waals surface area contributed by atoms with Crippen molar-refractivity contribution < 1.29 is 18.3 Å². The standard InChI is InChI=1S/C32H35F2N7O2/c1-18(40-15-27(34)37-17-40)16-43-26-5-3-4-21-11-25(41(30(21)26)14-19-6-7-19)31-38-29-23(12-22(35)13-33)28-20(8-9-36-32(28)42)10-24(29)39(31)2/h3-5,10-11,15,17-19,22H,6-9,12-14,16,35H2,1-2H3,(H,36,42)/t18-,22+/m1/s1. The van der Waals surface area contributed by atoms with Gasteiger partial charge in [-0.3, -0.25) is 4.79 Å². The molecule has 11 heteroatoms. The topological polar surface area (TPSA) is 105 Å². The number of benzene rings is 2. The van der Waals surface area contributed by atoms with E-state index in [1.54, 1.807) is 4.57 Å². The number of amides is 1. The number of carbonyl (C=O) groups is 1. The molecule has 1 fully saturated rings. The first-order valence-electron chi connectivity index (χ1n) is 14.9. The van der Waals surface area contributed by atoms with Gasteiger partial charge in [-0.15, -0.1) is 0 Å². The van der Waals surface area contributed by atoms with E-state index in [4.69, 9.17) is 15.5 Å². The first kappa shape index (κ1) is 27.6. The lowest BCUT2D eigenvalue weighted by Gasteiger charge is -2.21. The molecule has 2 aliphatic rings. The highest BCUT2D eigenvalue weighted by molar-refractivity contribution is 6.03. The van der Waals surface area contributed by atoms with Crippen molar-refractivity contribution in [3.63, 3.8) is 0 Å². The van der Waals surface area contributed by atoms with Crippen molar-refractivity contribution in [2.75, 3.05) is 19.8 Å². The van der Waals surface area contributed by atoms with Crippen LogP contribution in [0.4, 0.5) is 8.78 Å². The van der Waals surface area contributed by atoms with E-state index in [0.29, 0.717) is 42.1 Å². The summed E-state index contributed by atoms with van der Waals surface area (Å²) in [7, 11) is 1.99. The largest absolute Gasteiger partial charge is 0.489 e. The fourth-order valence-corrected chi connectivity index (χ4v) is 6.26. The van der Waals surface area contributed by atoms with Crippen molar-refractivity contribution in [1.82, 2.24) is 29.0 Å². The Kier molecular flexibility index (Phi) is 6.92. The Morgan fingerprint density at radius 2 is 2.09 bits per heavy atom. The SMILES string of the molecule is C[C@H](COc1cccc2cc(-c3nc4c(C[C@H](N)CF)c5c(cc4n3C)CCNC5=O)n(CC3CC3)c12)n1cnc(F)c1. The summed E-state index contributed by atoms with van der Waals surface area (Å²) in [6.07, 6.45) is 6.09. The number of fused-ring (bicyclic) bond motifs is 3. The Balaban J connectivity index is 1.36. The van der Waals surface area contributed by atoms with Gasteiger partial charge in [-0.1, -0.05) is 12.1 Å². The van der Waals surface area contributed by atoms with Gasteiger partial charge < -0.3 is 29.5 Å². The van der Waals surface area contributed by atoms with Gasteiger partial charge in [0.1, 0.15) is 19.0 Å². The van der Waals surface area contributed by atoms with Crippen LogP contribution in [0, 0.1) is 11.9 Å². The molecule has 0 radical (unpaired) electrons. The summed E-state index contributed by atoms with van der Waals surface area (Å²) in [5, 5.41) is 3.96. The molecule has 1 aliphatic carbocycles. The second-order valence-electron chi connectivity index (χ2n) is 12.0. The van der Waals surface area contributed by atoms with Crippen molar-refractivity contribution in [3.8, 4) is 17.3 Å². The lowest BCUT2D eigenvalue weighted by molar-refractivity contribution is 0.0945. The van der Waals surface area contributed by atoms with Crippen molar-refractivity contribution in [3.05, 3.63) is 65.5 Å². The molecule has 43 heavy (non-hydrogen) atoms. The maximum atomic E-state index is 13.6. The zero-order chi connectivity index (χ0) is 29.8. The summed E-state index contributed by atoms with van der Waals surface area (Å²) in [5.74, 6) is 1.40. The lowest BCUT2D eigenvalue weighted by atomic mass is 9.90. The molecule has 3 aromatic heterocycles. The second-order valence-corrected chi connectivity index (χ2v) is 12.0. The van der Waals surface area contributed by atoms with Crippen LogP contribution in [0.2, 0.25) is 0 Å². The number of carbonyl (C=O) groups excluding carboxylic acids is 1. The number of para-hydroxylation sites is 1. The number of aryl methyl sites for hydroxylation is 1. The zero-order valence-electron chi connectivity index (χ0n) is 24.3. The highest BCUT2D eigenvalue weighted by Gasteiger charge is 2.30. The zero-order valence-corrected chi connectivity index (χ0v) is 24.3. The molecule has 0 bridgehead atoms. The molecule has 7 rings (SSSR count). The van der Waals surface area contributed by atoms with Crippen molar-refractivity contribution in [1.29, 1.82) is 0 Å². The van der Waals surface area contributed by atoms with Crippen molar-refractivity contribution in [2.45, 2.75) is 51.2 Å². The van der Waals surface area contributed by atoms with Gasteiger partial charge in [-0.25, -0.2) is 14.4 Å². The van der Waals surface area contributed by atoms with Crippen LogP contribution in [0.15, 0.2) is 42.9 Å². The number of hydrogen-bond donors (Lipinski definition) is 2. The first-order valence-corrected chi connectivity index (χ1v) is 14.9. The van der Waals surface area contributed by atoms with Crippen molar-refractivity contribution in [2.24, 2.45) is 18.7 Å². The number of nitrogens with one attached hydrogen (secondary N) is 1. The van der Waals surface area contributed by atoms with Gasteiger partial charge in [-0.2, -0.15) is 4.39 Å². The average Bonchev–Trinajstić information content (AvgIpc) is 3.45. The van der Waals surface area contributed by atoms with Gasteiger partial charge >= 0.3 is 0 Å². The normalized spacial score (nSPS) is 16.4. The summed E-state index contributed by atoms with van der Waals surface area (Å²) < 4.78 is 39.5. The number of imidazole rings is 2. The van der Waals surface area contributed by atoms with E-state index in [2.05, 4.69) is 31.6 Å². The summed E-state index contributed by atoms with van der Waals surface area (Å²) >= 11 is 0. The molecule has 1 aliphatic heterocycles. The molecule has 4 heterocycles. The molecular formula is C32H35F2N7O2. The van der Waals surface area contributed by atoms with E-state index in [9.17, 15) is 13.6 Å². The van der Waals surface area contributed by atoms with Crippen LogP contribution in [-0.2, 0) is 26.4 Å². The van der Waals surface area contributed by atoms with Crippen LogP contribution >= 0.6 is 0 Å². The quantitative estimate of drug-likeness (QED) is 0.246. The molecule has 2 aromatic carbocycles. The third kappa shape index (κ3) is 4.95. The molecule has 3 N–H and O–H groups in total. The van der Waals surface area contributed by atoms with Gasteiger partial charge in [0, 0.05) is 37.1 Å². The third-order valence-corrected chi connectivity index (χ3v) is 8.74. The fourth-order valence-electron chi connectivity index (χ4n) is 6.26. The van der Waals surface area contributed by atoms with Crippen molar-refractivity contribution >= 4 is 27.8 Å². The Hall–Kier alpha value is -4.25. The molecule has 0 unspecified atom stereocenters. The van der Waals surface area contributed by atoms with Gasteiger partial charge in [0.2, 0.25) is 5.95 Å². The van der Waals surface area contributed by atoms with Gasteiger partial charge in [0.25, 0.3) is 5.91 Å². The molecule has 224 valence electrons. The van der Waals surface area contributed by atoms with Crippen LogP contribution in [0.1, 0.15) is 47.3 Å². The predicted octanol–water partition coefficient (Wildman–Crippen LogP) is 4.71. The van der Waals surface area contributed by atoms with Crippen LogP contribution in [0.3, 0.4) is 0 Å². The molecular weight excluding hydrogens is 552 g/mol. The second kappa shape index (κ2) is 10.8. The molecule has 1 amide bonds.